The summed E-state index contributed by atoms with van der Waals surface area (Å²) in [5, 5.41) is 16.1. The van der Waals surface area contributed by atoms with E-state index in [-0.39, 0.29) is 5.69 Å². The third-order valence-corrected chi connectivity index (χ3v) is 3.30. The van der Waals surface area contributed by atoms with Gasteiger partial charge in [0.05, 0.1) is 5.39 Å². The van der Waals surface area contributed by atoms with E-state index in [1.807, 2.05) is 24.3 Å². The second kappa shape index (κ2) is 4.47. The molecule has 5 nitrogen and oxygen atoms in total. The number of nitrogens with one attached hydrogen (secondary N) is 1. The lowest BCUT2D eigenvalue weighted by atomic mass is 10.0. The van der Waals surface area contributed by atoms with Gasteiger partial charge in [0.2, 0.25) is 0 Å². The van der Waals surface area contributed by atoms with Crippen LogP contribution in [-0.4, -0.2) is 26.3 Å². The van der Waals surface area contributed by atoms with E-state index in [1.165, 1.54) is 0 Å². The molecule has 2 aromatic heterocycles. The number of fused-ring (bicyclic) bond motifs is 1. The molecule has 2 N–H and O–H groups in total. The maximum absolute atomic E-state index is 11.2. The minimum atomic E-state index is -1.05. The second-order valence-corrected chi connectivity index (χ2v) is 4.89. The molecule has 0 aliphatic rings. The third-order valence-electron chi connectivity index (χ3n) is 2.80. The lowest BCUT2D eigenvalue weighted by Gasteiger charge is -2.04. The van der Waals surface area contributed by atoms with Crippen LogP contribution in [-0.2, 0) is 0 Å². The van der Waals surface area contributed by atoms with Crippen molar-refractivity contribution in [3.8, 4) is 11.1 Å². The van der Waals surface area contributed by atoms with Crippen LogP contribution in [0.15, 0.2) is 41.0 Å². The first-order valence-electron chi connectivity index (χ1n) is 5.49. The molecule has 19 heavy (non-hydrogen) atoms. The standard InChI is InChI=1S/C13H8BrN3O2/c14-8-3-1-2-7(6-8)9-4-5-15-12-10(9)11(13(18)19)16-17-12/h1-6H,(H,18,19)(H,15,16,17). The van der Waals surface area contributed by atoms with Crippen LogP contribution in [0.25, 0.3) is 22.2 Å². The molecular weight excluding hydrogens is 310 g/mol. The van der Waals surface area contributed by atoms with Crippen molar-refractivity contribution in [1.82, 2.24) is 15.2 Å². The number of nitrogens with zero attached hydrogens (tertiary/aromatic N) is 2. The summed E-state index contributed by atoms with van der Waals surface area (Å²) in [7, 11) is 0. The number of benzene rings is 1. The number of hydrogen-bond donors (Lipinski definition) is 2. The van der Waals surface area contributed by atoms with Crippen LogP contribution >= 0.6 is 15.9 Å². The number of hydrogen-bond acceptors (Lipinski definition) is 3. The zero-order valence-corrected chi connectivity index (χ0v) is 11.2. The molecule has 0 aliphatic carbocycles. The quantitative estimate of drug-likeness (QED) is 0.761. The van der Waals surface area contributed by atoms with Gasteiger partial charge in [0.1, 0.15) is 0 Å². The number of aromatic amines is 1. The number of aromatic nitrogens is 3. The van der Waals surface area contributed by atoms with Crippen molar-refractivity contribution in [2.24, 2.45) is 0 Å². The van der Waals surface area contributed by atoms with Gasteiger partial charge in [0.25, 0.3) is 0 Å². The van der Waals surface area contributed by atoms with Gasteiger partial charge in [-0.3, -0.25) is 5.10 Å². The third kappa shape index (κ3) is 2.00. The summed E-state index contributed by atoms with van der Waals surface area (Å²) in [6.07, 6.45) is 1.62. The van der Waals surface area contributed by atoms with Crippen molar-refractivity contribution >= 4 is 32.9 Å². The van der Waals surface area contributed by atoms with Crippen molar-refractivity contribution in [1.29, 1.82) is 0 Å². The van der Waals surface area contributed by atoms with E-state index in [9.17, 15) is 9.90 Å². The molecule has 0 saturated heterocycles. The minimum absolute atomic E-state index is 0.0538. The molecule has 0 atom stereocenters. The lowest BCUT2D eigenvalue weighted by molar-refractivity contribution is 0.0692. The highest BCUT2D eigenvalue weighted by Gasteiger charge is 2.17. The Labute approximate surface area is 116 Å². The van der Waals surface area contributed by atoms with Crippen molar-refractivity contribution in [2.75, 3.05) is 0 Å². The van der Waals surface area contributed by atoms with E-state index >= 15 is 0 Å². The largest absolute Gasteiger partial charge is 0.477 e. The van der Waals surface area contributed by atoms with Crippen LogP contribution < -0.4 is 0 Å². The summed E-state index contributed by atoms with van der Waals surface area (Å²) >= 11 is 3.41. The van der Waals surface area contributed by atoms with Gasteiger partial charge in [-0.1, -0.05) is 28.1 Å². The number of carboxylic acid groups (broad SMARTS) is 1. The average molecular weight is 318 g/mol. The fourth-order valence-corrected chi connectivity index (χ4v) is 2.40. The SMILES string of the molecule is O=C(O)c1[nH]nc2nccc(-c3cccc(Br)c3)c12. The zero-order valence-electron chi connectivity index (χ0n) is 9.59. The Morgan fingerprint density at radius 2 is 2.16 bits per heavy atom. The van der Waals surface area contributed by atoms with E-state index in [0.29, 0.717) is 11.0 Å². The van der Waals surface area contributed by atoms with E-state index in [1.54, 1.807) is 12.3 Å². The Balaban J connectivity index is 2.35. The molecule has 0 bridgehead atoms. The lowest BCUT2D eigenvalue weighted by Crippen LogP contribution is -1.98. The first-order valence-corrected chi connectivity index (χ1v) is 6.28. The van der Waals surface area contributed by atoms with Gasteiger partial charge in [0, 0.05) is 10.7 Å². The molecule has 0 aliphatic heterocycles. The Hall–Kier alpha value is -2.21. The van der Waals surface area contributed by atoms with Gasteiger partial charge in [-0.15, -0.1) is 0 Å². The number of halogens is 1. The van der Waals surface area contributed by atoms with E-state index < -0.39 is 5.97 Å². The summed E-state index contributed by atoms with van der Waals surface area (Å²) in [5.74, 6) is -1.05. The predicted octanol–water partition coefficient (Wildman–Crippen LogP) is 3.09. The highest BCUT2D eigenvalue weighted by Crippen LogP contribution is 2.30. The first-order chi connectivity index (χ1) is 9.16. The van der Waals surface area contributed by atoms with Gasteiger partial charge in [-0.25, -0.2) is 9.78 Å². The van der Waals surface area contributed by atoms with Crippen LogP contribution in [0.2, 0.25) is 0 Å². The van der Waals surface area contributed by atoms with Crippen molar-refractivity contribution in [3.63, 3.8) is 0 Å². The fraction of sp³-hybridized carbons (Fsp3) is 0. The van der Waals surface area contributed by atoms with E-state index in [4.69, 9.17) is 0 Å². The van der Waals surface area contributed by atoms with Crippen LogP contribution in [0.5, 0.6) is 0 Å². The van der Waals surface area contributed by atoms with Gasteiger partial charge in [-0.2, -0.15) is 5.10 Å². The fourth-order valence-electron chi connectivity index (χ4n) is 2.00. The number of pyridine rings is 1. The molecule has 0 amide bonds. The van der Waals surface area contributed by atoms with Gasteiger partial charge >= 0.3 is 5.97 Å². The van der Waals surface area contributed by atoms with Crippen molar-refractivity contribution in [2.45, 2.75) is 0 Å². The molecule has 0 radical (unpaired) electrons. The van der Waals surface area contributed by atoms with Crippen LogP contribution in [0.1, 0.15) is 10.5 Å². The number of carboxylic acids is 1. The Kier molecular flexibility index (Phi) is 2.79. The highest BCUT2D eigenvalue weighted by molar-refractivity contribution is 9.10. The Bertz CT molecular complexity index is 782. The Morgan fingerprint density at radius 3 is 2.89 bits per heavy atom. The minimum Gasteiger partial charge on any atom is -0.477 e. The number of carbonyl (C=O) groups is 1. The molecule has 1 aromatic carbocycles. The average Bonchev–Trinajstić information content (AvgIpc) is 2.82. The number of rotatable bonds is 2. The summed E-state index contributed by atoms with van der Waals surface area (Å²) in [6.45, 7) is 0. The Morgan fingerprint density at radius 1 is 1.32 bits per heavy atom. The monoisotopic (exact) mass is 317 g/mol. The molecule has 3 rings (SSSR count). The molecule has 0 spiro atoms. The van der Waals surface area contributed by atoms with Gasteiger partial charge in [0.15, 0.2) is 11.3 Å². The van der Waals surface area contributed by atoms with Crippen molar-refractivity contribution in [3.05, 3.63) is 46.7 Å². The smallest absolute Gasteiger partial charge is 0.354 e. The number of aromatic carboxylic acids is 1. The summed E-state index contributed by atoms with van der Waals surface area (Å²) in [5.41, 5.74) is 2.15. The molecule has 2 heterocycles. The van der Waals surface area contributed by atoms with Gasteiger partial charge in [-0.05, 0) is 29.3 Å². The second-order valence-electron chi connectivity index (χ2n) is 3.97. The maximum atomic E-state index is 11.2. The molecule has 6 heteroatoms. The zero-order chi connectivity index (χ0) is 13.4. The van der Waals surface area contributed by atoms with Crippen molar-refractivity contribution < 1.29 is 9.90 Å². The van der Waals surface area contributed by atoms with E-state index in [0.717, 1.165) is 15.6 Å². The van der Waals surface area contributed by atoms with E-state index in [2.05, 4.69) is 31.1 Å². The molecule has 94 valence electrons. The normalized spacial score (nSPS) is 10.8. The number of H-pyrrole nitrogens is 1. The molecule has 0 saturated carbocycles. The first kappa shape index (κ1) is 11.9. The molecule has 3 aromatic rings. The highest BCUT2D eigenvalue weighted by atomic mass is 79.9. The molecule has 0 unspecified atom stereocenters. The van der Waals surface area contributed by atoms with Gasteiger partial charge < -0.3 is 5.11 Å². The topological polar surface area (TPSA) is 78.9 Å². The van der Waals surface area contributed by atoms with Crippen LogP contribution in [0.3, 0.4) is 0 Å². The molecule has 0 fully saturated rings. The summed E-state index contributed by atoms with van der Waals surface area (Å²) in [6, 6.07) is 9.43. The summed E-state index contributed by atoms with van der Waals surface area (Å²) < 4.78 is 0.926. The van der Waals surface area contributed by atoms with Crippen LogP contribution in [0, 0.1) is 0 Å². The summed E-state index contributed by atoms with van der Waals surface area (Å²) in [4.78, 5) is 15.3. The predicted molar refractivity (Wildman–Crippen MR) is 74.0 cm³/mol. The van der Waals surface area contributed by atoms with Crippen LogP contribution in [0.4, 0.5) is 0 Å². The maximum Gasteiger partial charge on any atom is 0.354 e. The molecular formula is C13H8BrN3O2.